The van der Waals surface area contributed by atoms with E-state index in [2.05, 4.69) is 37.8 Å². The number of thioether (sulfide) groups is 1. The van der Waals surface area contributed by atoms with Crippen LogP contribution in [-0.4, -0.2) is 40.4 Å². The van der Waals surface area contributed by atoms with E-state index < -0.39 is 11.6 Å². The highest BCUT2D eigenvalue weighted by Gasteiger charge is 2.33. The zero-order valence-electron chi connectivity index (χ0n) is 18.6. The number of amides is 2. The van der Waals surface area contributed by atoms with E-state index in [0.29, 0.717) is 22.8 Å². The molecule has 0 radical (unpaired) electrons. The molecule has 1 aliphatic rings. The number of rotatable bonds is 7. The molecule has 1 atom stereocenters. The summed E-state index contributed by atoms with van der Waals surface area (Å²) in [4.78, 5) is 17.3. The molecule has 1 aromatic carbocycles. The molecule has 2 rings (SSSR count). The molecule has 3 N–H and O–H groups in total. The highest BCUT2D eigenvalue weighted by Crippen LogP contribution is 2.37. The zero-order valence-corrected chi connectivity index (χ0v) is 19.4. The van der Waals surface area contributed by atoms with E-state index in [1.807, 2.05) is 14.0 Å². The normalized spacial score (nSPS) is 19.6. The van der Waals surface area contributed by atoms with Crippen LogP contribution in [0.25, 0.3) is 0 Å². The number of benzene rings is 1. The Kier molecular flexibility index (Phi) is 8.06. The lowest BCUT2D eigenvalue weighted by atomic mass is 9.89. The molecule has 1 aromatic rings. The average Bonchev–Trinajstić information content (AvgIpc) is 2.71. The first-order chi connectivity index (χ1) is 14.1. The highest BCUT2D eigenvalue weighted by atomic mass is 32.2. The third-order valence-corrected chi connectivity index (χ3v) is 6.29. The summed E-state index contributed by atoms with van der Waals surface area (Å²) in [5.41, 5.74) is 8.31. The number of hydrazine groups is 1. The monoisotopic (exact) mass is 434 g/mol. The number of nitrogens with two attached hydrogens (primary N) is 1. The molecule has 0 aliphatic carbocycles. The lowest BCUT2D eigenvalue weighted by molar-refractivity contribution is -0.581. The molecule has 1 aliphatic heterocycles. The van der Waals surface area contributed by atoms with Crippen molar-refractivity contribution < 1.29 is 13.9 Å². The summed E-state index contributed by atoms with van der Waals surface area (Å²) in [7, 11) is 1.82. The van der Waals surface area contributed by atoms with Crippen LogP contribution in [0.5, 0.6) is 0 Å². The SMILES string of the molecule is C=[N+](C(=O)Nc1ccc(F)c(C2(C)CCSC(N)=N2)c1)N(C)/C(CCC)=C(\C)CC. The number of halogens is 1. The predicted molar refractivity (Wildman–Crippen MR) is 125 cm³/mol. The summed E-state index contributed by atoms with van der Waals surface area (Å²) < 4.78 is 15.9. The second-order valence-electron chi connectivity index (χ2n) is 7.70. The van der Waals surface area contributed by atoms with Gasteiger partial charge in [0.1, 0.15) is 11.5 Å². The minimum atomic E-state index is -0.754. The molecule has 30 heavy (non-hydrogen) atoms. The Bertz CT molecular complexity index is 882. The smallest absolute Gasteiger partial charge is 0.379 e. The van der Waals surface area contributed by atoms with Crippen LogP contribution >= 0.6 is 11.8 Å². The van der Waals surface area contributed by atoms with Gasteiger partial charge >= 0.3 is 6.03 Å². The number of hydrogen-bond acceptors (Lipinski definition) is 5. The number of aliphatic imine (C=N–C) groups is 1. The number of amidine groups is 1. The summed E-state index contributed by atoms with van der Waals surface area (Å²) in [6.07, 6.45) is 3.38. The van der Waals surface area contributed by atoms with Crippen molar-refractivity contribution in [1.82, 2.24) is 5.01 Å². The fourth-order valence-corrected chi connectivity index (χ4v) is 4.43. The van der Waals surface area contributed by atoms with Crippen molar-refractivity contribution in [2.24, 2.45) is 10.7 Å². The standard InChI is InChI=1S/C22H32FN5OS/c1-7-9-19(15(3)8-2)27(5)28(6)21(29)25-16-10-11-18(23)17(14-16)22(4)12-13-30-20(24)26-22/h10-11,14H,6-9,12-13H2,1-5H3,(H2-,24,25,26,29)/p+1/b19-15+. The second kappa shape index (κ2) is 10.1. The van der Waals surface area contributed by atoms with Gasteiger partial charge in [0, 0.05) is 18.4 Å². The van der Waals surface area contributed by atoms with Crippen molar-refractivity contribution in [2.45, 2.75) is 58.9 Å². The largest absolute Gasteiger partial charge is 0.519 e. The summed E-state index contributed by atoms with van der Waals surface area (Å²) in [6.45, 7) is 12.0. The quantitative estimate of drug-likeness (QED) is 0.357. The molecule has 1 unspecified atom stereocenters. The van der Waals surface area contributed by atoms with Crippen molar-refractivity contribution in [3.63, 3.8) is 0 Å². The topological polar surface area (TPSA) is 73.7 Å². The molecule has 0 bridgehead atoms. The first-order valence-electron chi connectivity index (χ1n) is 10.2. The molecule has 0 aromatic heterocycles. The Hall–Kier alpha value is -2.35. The lowest BCUT2D eigenvalue weighted by Gasteiger charge is -2.30. The van der Waals surface area contributed by atoms with E-state index in [4.69, 9.17) is 5.73 Å². The molecule has 6 nitrogen and oxygen atoms in total. The third kappa shape index (κ3) is 5.41. The van der Waals surface area contributed by atoms with Gasteiger partial charge in [-0.05, 0) is 51.3 Å². The number of hydrogen-bond donors (Lipinski definition) is 2. The maximum absolute atomic E-state index is 14.6. The molecule has 1 heterocycles. The number of nitrogens with zero attached hydrogens (tertiary/aromatic N) is 3. The Morgan fingerprint density at radius 2 is 2.17 bits per heavy atom. The Morgan fingerprint density at radius 1 is 1.47 bits per heavy atom. The number of carbonyl (C=O) groups excluding carboxylic acids is 1. The molecular formula is C22H33FN5OS+. The van der Waals surface area contributed by atoms with Crippen LogP contribution in [0.15, 0.2) is 34.5 Å². The first kappa shape index (κ1) is 23.9. The van der Waals surface area contributed by atoms with Crippen molar-refractivity contribution >= 4 is 35.4 Å². The van der Waals surface area contributed by atoms with Crippen LogP contribution in [0.1, 0.15) is 58.9 Å². The van der Waals surface area contributed by atoms with Crippen molar-refractivity contribution in [2.75, 3.05) is 18.1 Å². The predicted octanol–water partition coefficient (Wildman–Crippen LogP) is 5.07. The molecule has 8 heteroatoms. The van der Waals surface area contributed by atoms with E-state index in [0.717, 1.165) is 30.7 Å². The van der Waals surface area contributed by atoms with Crippen LogP contribution in [0.3, 0.4) is 0 Å². The number of urea groups is 1. The first-order valence-corrected chi connectivity index (χ1v) is 11.2. The van der Waals surface area contributed by atoms with Gasteiger partial charge in [-0.3, -0.25) is 4.99 Å². The van der Waals surface area contributed by atoms with E-state index >= 15 is 0 Å². The fraction of sp³-hybridized carbons (Fsp3) is 0.500. The van der Waals surface area contributed by atoms with Crippen molar-refractivity contribution in [3.8, 4) is 0 Å². The minimum Gasteiger partial charge on any atom is -0.379 e. The average molecular weight is 435 g/mol. The summed E-state index contributed by atoms with van der Waals surface area (Å²) in [5, 5.41) is 5.04. The summed E-state index contributed by atoms with van der Waals surface area (Å²) in [5.74, 6) is 0.400. The van der Waals surface area contributed by atoms with Crippen LogP contribution in [-0.2, 0) is 5.54 Å². The van der Waals surface area contributed by atoms with Gasteiger partial charge in [-0.1, -0.05) is 42.3 Å². The molecule has 164 valence electrons. The van der Waals surface area contributed by atoms with Crippen LogP contribution < -0.4 is 11.1 Å². The van der Waals surface area contributed by atoms with E-state index in [1.165, 1.54) is 28.1 Å². The van der Waals surface area contributed by atoms with E-state index in [1.54, 1.807) is 17.1 Å². The van der Waals surface area contributed by atoms with Crippen LogP contribution in [0.4, 0.5) is 14.9 Å². The Balaban J connectivity index is 2.25. The number of allylic oxidation sites excluding steroid dienone is 2. The van der Waals surface area contributed by atoms with Gasteiger partial charge in [0.15, 0.2) is 5.17 Å². The van der Waals surface area contributed by atoms with E-state index in [-0.39, 0.29) is 5.82 Å². The maximum atomic E-state index is 14.6. The van der Waals surface area contributed by atoms with Gasteiger partial charge in [0.05, 0.1) is 18.0 Å². The van der Waals surface area contributed by atoms with E-state index in [9.17, 15) is 9.18 Å². The molecule has 0 spiro atoms. The Labute approximate surface area is 183 Å². The van der Waals surface area contributed by atoms with Crippen LogP contribution in [0, 0.1) is 5.82 Å². The van der Waals surface area contributed by atoms with Crippen molar-refractivity contribution in [1.29, 1.82) is 0 Å². The number of anilines is 1. The van der Waals surface area contributed by atoms with Gasteiger partial charge in [0.25, 0.3) is 0 Å². The molecule has 0 fully saturated rings. The van der Waals surface area contributed by atoms with Crippen molar-refractivity contribution in [3.05, 3.63) is 40.8 Å². The summed E-state index contributed by atoms with van der Waals surface area (Å²) in [6, 6.07) is 4.12. The molecule has 0 saturated carbocycles. The highest BCUT2D eigenvalue weighted by molar-refractivity contribution is 8.13. The summed E-state index contributed by atoms with van der Waals surface area (Å²) >= 11 is 1.46. The van der Waals surface area contributed by atoms with Gasteiger partial charge in [-0.15, -0.1) is 0 Å². The fourth-order valence-electron chi connectivity index (χ4n) is 3.46. The number of nitrogens with one attached hydrogen (secondary N) is 1. The second-order valence-corrected chi connectivity index (χ2v) is 8.82. The van der Waals surface area contributed by atoms with Gasteiger partial charge in [-0.2, -0.15) is 4.79 Å². The molecule has 2 amide bonds. The molecule has 0 saturated heterocycles. The van der Waals surface area contributed by atoms with Gasteiger partial charge in [-0.25, -0.2) is 14.7 Å². The third-order valence-electron chi connectivity index (χ3n) is 5.49. The number of hydrazone groups is 1. The minimum absolute atomic E-state index is 0.366. The van der Waals surface area contributed by atoms with Crippen LogP contribution in [0.2, 0.25) is 0 Å². The molecular weight excluding hydrogens is 401 g/mol. The Morgan fingerprint density at radius 3 is 2.77 bits per heavy atom. The maximum Gasteiger partial charge on any atom is 0.519 e. The van der Waals surface area contributed by atoms with Gasteiger partial charge in [0.2, 0.25) is 0 Å². The lowest BCUT2D eigenvalue weighted by Crippen LogP contribution is -2.38. The van der Waals surface area contributed by atoms with Gasteiger partial charge < -0.3 is 5.73 Å². The zero-order chi connectivity index (χ0) is 22.5. The number of carbonyl (C=O) groups is 1.